The summed E-state index contributed by atoms with van der Waals surface area (Å²) in [5.41, 5.74) is 2.22. The Morgan fingerprint density at radius 1 is 0.926 bits per heavy atom. The van der Waals surface area contributed by atoms with Crippen LogP contribution in [0.2, 0.25) is 0 Å². The first-order chi connectivity index (χ1) is 13.2. The number of amides is 1. The number of rotatable bonds is 8. The van der Waals surface area contributed by atoms with Gasteiger partial charge in [0.15, 0.2) is 11.5 Å². The Morgan fingerprint density at radius 2 is 1.70 bits per heavy atom. The van der Waals surface area contributed by atoms with Crippen molar-refractivity contribution in [1.29, 1.82) is 0 Å². The summed E-state index contributed by atoms with van der Waals surface area (Å²) in [5, 5.41) is 1.93. The molecular formula is C22H23NO3S. The van der Waals surface area contributed by atoms with Crippen molar-refractivity contribution in [2.75, 3.05) is 20.8 Å². The van der Waals surface area contributed by atoms with E-state index in [1.807, 2.05) is 70.9 Å². The van der Waals surface area contributed by atoms with Crippen molar-refractivity contribution in [1.82, 2.24) is 4.90 Å². The zero-order chi connectivity index (χ0) is 19.1. The molecule has 5 heteroatoms. The highest BCUT2D eigenvalue weighted by molar-refractivity contribution is 7.12. The van der Waals surface area contributed by atoms with Gasteiger partial charge < -0.3 is 14.4 Å². The van der Waals surface area contributed by atoms with Crippen LogP contribution in [-0.4, -0.2) is 31.6 Å². The average Bonchev–Trinajstić information content (AvgIpc) is 3.26. The fourth-order valence-corrected chi connectivity index (χ4v) is 3.60. The van der Waals surface area contributed by atoms with Gasteiger partial charge in [-0.3, -0.25) is 4.79 Å². The van der Waals surface area contributed by atoms with Gasteiger partial charge in [0.05, 0.1) is 19.1 Å². The number of thiophene rings is 1. The lowest BCUT2D eigenvalue weighted by Gasteiger charge is -2.22. The quantitative estimate of drug-likeness (QED) is 0.570. The Kier molecular flexibility index (Phi) is 6.49. The van der Waals surface area contributed by atoms with Crippen LogP contribution in [-0.2, 0) is 13.0 Å². The van der Waals surface area contributed by atoms with Gasteiger partial charge in [-0.15, -0.1) is 11.3 Å². The maximum absolute atomic E-state index is 12.9. The lowest BCUT2D eigenvalue weighted by molar-refractivity contribution is 0.0750. The normalized spacial score (nSPS) is 10.4. The Labute approximate surface area is 164 Å². The van der Waals surface area contributed by atoms with Crippen LogP contribution < -0.4 is 9.47 Å². The molecule has 0 bridgehead atoms. The summed E-state index contributed by atoms with van der Waals surface area (Å²) < 4.78 is 10.7. The van der Waals surface area contributed by atoms with Gasteiger partial charge in [0.25, 0.3) is 5.91 Å². The van der Waals surface area contributed by atoms with Crippen LogP contribution in [0.5, 0.6) is 11.5 Å². The van der Waals surface area contributed by atoms with Gasteiger partial charge in [0.2, 0.25) is 0 Å². The van der Waals surface area contributed by atoms with Gasteiger partial charge in [-0.1, -0.05) is 42.5 Å². The van der Waals surface area contributed by atoms with Crippen molar-refractivity contribution in [2.24, 2.45) is 0 Å². The second-order valence-corrected chi connectivity index (χ2v) is 7.08. The molecule has 2 aromatic carbocycles. The molecule has 0 aliphatic heterocycles. The molecule has 27 heavy (non-hydrogen) atoms. The molecule has 1 amide bonds. The summed E-state index contributed by atoms with van der Waals surface area (Å²) in [4.78, 5) is 15.6. The molecule has 0 atom stereocenters. The predicted octanol–water partition coefficient (Wildman–Crippen LogP) is 4.65. The SMILES string of the molecule is COc1ccc(CCN(Cc2ccccc2)C(=O)c2cccs2)cc1OC. The van der Waals surface area contributed by atoms with E-state index in [1.165, 1.54) is 11.3 Å². The fraction of sp³-hybridized carbons (Fsp3) is 0.227. The number of carbonyl (C=O) groups excluding carboxylic acids is 1. The van der Waals surface area contributed by atoms with E-state index < -0.39 is 0 Å². The third-order valence-corrected chi connectivity index (χ3v) is 5.21. The predicted molar refractivity (Wildman–Crippen MR) is 109 cm³/mol. The third-order valence-electron chi connectivity index (χ3n) is 4.35. The van der Waals surface area contributed by atoms with E-state index in [9.17, 15) is 4.79 Å². The van der Waals surface area contributed by atoms with E-state index in [0.717, 1.165) is 22.4 Å². The number of hydrogen-bond donors (Lipinski definition) is 0. The zero-order valence-corrected chi connectivity index (χ0v) is 16.4. The molecule has 0 spiro atoms. The van der Waals surface area contributed by atoms with Gasteiger partial charge in [0.1, 0.15) is 0 Å². The fourth-order valence-electron chi connectivity index (χ4n) is 2.91. The number of ether oxygens (including phenoxy) is 2. The summed E-state index contributed by atoms with van der Waals surface area (Å²) >= 11 is 1.47. The first-order valence-corrected chi connectivity index (χ1v) is 9.67. The highest BCUT2D eigenvalue weighted by Gasteiger charge is 2.17. The molecule has 1 aromatic heterocycles. The summed E-state index contributed by atoms with van der Waals surface area (Å²) in [6, 6.07) is 19.7. The van der Waals surface area contributed by atoms with Crippen LogP contribution in [0.4, 0.5) is 0 Å². The van der Waals surface area contributed by atoms with Crippen molar-refractivity contribution >= 4 is 17.2 Å². The molecule has 0 aliphatic carbocycles. The summed E-state index contributed by atoms with van der Waals surface area (Å²) in [7, 11) is 3.25. The Hall–Kier alpha value is -2.79. The summed E-state index contributed by atoms with van der Waals surface area (Å²) in [6.07, 6.45) is 0.740. The minimum absolute atomic E-state index is 0.0642. The van der Waals surface area contributed by atoms with E-state index in [-0.39, 0.29) is 5.91 Å². The Bertz CT molecular complexity index is 863. The topological polar surface area (TPSA) is 38.8 Å². The summed E-state index contributed by atoms with van der Waals surface area (Å²) in [5.74, 6) is 1.47. The van der Waals surface area contributed by atoms with Crippen LogP contribution in [0, 0.1) is 0 Å². The minimum Gasteiger partial charge on any atom is -0.493 e. The Morgan fingerprint density at radius 3 is 2.37 bits per heavy atom. The van der Waals surface area contributed by atoms with Gasteiger partial charge in [-0.25, -0.2) is 0 Å². The van der Waals surface area contributed by atoms with E-state index in [1.54, 1.807) is 14.2 Å². The number of hydrogen-bond acceptors (Lipinski definition) is 4. The van der Waals surface area contributed by atoms with Crippen molar-refractivity contribution < 1.29 is 14.3 Å². The Balaban J connectivity index is 1.76. The number of methoxy groups -OCH3 is 2. The molecule has 1 heterocycles. The zero-order valence-electron chi connectivity index (χ0n) is 15.6. The molecule has 0 fully saturated rings. The molecule has 3 rings (SSSR count). The largest absolute Gasteiger partial charge is 0.493 e. The molecule has 0 saturated heterocycles. The molecule has 0 unspecified atom stereocenters. The van der Waals surface area contributed by atoms with Gasteiger partial charge in [0, 0.05) is 13.1 Å². The highest BCUT2D eigenvalue weighted by atomic mass is 32.1. The number of benzene rings is 2. The maximum atomic E-state index is 12.9. The van der Waals surface area contributed by atoms with Crippen LogP contribution >= 0.6 is 11.3 Å². The average molecular weight is 381 g/mol. The molecule has 0 saturated carbocycles. The number of nitrogens with zero attached hydrogens (tertiary/aromatic N) is 1. The second-order valence-electron chi connectivity index (χ2n) is 6.13. The smallest absolute Gasteiger partial charge is 0.264 e. The summed E-state index contributed by atoms with van der Waals surface area (Å²) in [6.45, 7) is 1.21. The molecule has 0 aliphatic rings. The first-order valence-electron chi connectivity index (χ1n) is 8.79. The lowest BCUT2D eigenvalue weighted by atomic mass is 10.1. The van der Waals surface area contributed by atoms with Crippen molar-refractivity contribution in [2.45, 2.75) is 13.0 Å². The molecule has 0 radical (unpaired) electrons. The molecule has 3 aromatic rings. The van der Waals surface area contributed by atoms with Crippen molar-refractivity contribution in [3.8, 4) is 11.5 Å². The van der Waals surface area contributed by atoms with Crippen molar-refractivity contribution in [3.05, 3.63) is 82.0 Å². The number of carbonyl (C=O) groups is 1. The molecule has 4 nitrogen and oxygen atoms in total. The standard InChI is InChI=1S/C22H23NO3S/c1-25-19-11-10-17(15-20(19)26-2)12-13-23(16-18-7-4-3-5-8-18)22(24)21-9-6-14-27-21/h3-11,14-15H,12-13,16H2,1-2H3. The molecule has 140 valence electrons. The van der Waals surface area contributed by atoms with Gasteiger partial charge >= 0.3 is 0 Å². The van der Waals surface area contributed by atoms with E-state index in [2.05, 4.69) is 0 Å². The third kappa shape index (κ3) is 4.89. The van der Waals surface area contributed by atoms with Crippen LogP contribution in [0.1, 0.15) is 20.8 Å². The second kappa shape index (κ2) is 9.24. The minimum atomic E-state index is 0.0642. The molecule has 0 N–H and O–H groups in total. The van der Waals surface area contributed by atoms with Gasteiger partial charge in [-0.05, 0) is 41.1 Å². The van der Waals surface area contributed by atoms with Crippen LogP contribution in [0.3, 0.4) is 0 Å². The van der Waals surface area contributed by atoms with Gasteiger partial charge in [-0.2, -0.15) is 0 Å². The monoisotopic (exact) mass is 381 g/mol. The van der Waals surface area contributed by atoms with Crippen LogP contribution in [0.15, 0.2) is 66.0 Å². The first kappa shape index (κ1) is 19.0. The van der Waals surface area contributed by atoms with Crippen molar-refractivity contribution in [3.63, 3.8) is 0 Å². The van der Waals surface area contributed by atoms with E-state index >= 15 is 0 Å². The molecular weight excluding hydrogens is 358 g/mol. The van der Waals surface area contributed by atoms with E-state index in [0.29, 0.717) is 24.6 Å². The van der Waals surface area contributed by atoms with E-state index in [4.69, 9.17) is 9.47 Å². The highest BCUT2D eigenvalue weighted by Crippen LogP contribution is 2.28. The van der Waals surface area contributed by atoms with Crippen LogP contribution in [0.25, 0.3) is 0 Å². The lowest BCUT2D eigenvalue weighted by Crippen LogP contribution is -2.32. The maximum Gasteiger partial charge on any atom is 0.264 e.